The number of benzene rings is 1. The highest BCUT2D eigenvalue weighted by Gasteiger charge is 2.41. The zero-order chi connectivity index (χ0) is 16.7. The lowest BCUT2D eigenvalue weighted by atomic mass is 10.0. The van der Waals surface area contributed by atoms with Gasteiger partial charge in [0.15, 0.2) is 0 Å². The van der Waals surface area contributed by atoms with E-state index in [9.17, 15) is 4.79 Å². The van der Waals surface area contributed by atoms with Crippen molar-refractivity contribution in [2.24, 2.45) is 7.05 Å². The predicted molar refractivity (Wildman–Crippen MR) is 93.7 cm³/mol. The molecule has 2 aromatic heterocycles. The maximum Gasteiger partial charge on any atom is 0.254 e. The quantitative estimate of drug-likeness (QED) is 0.806. The Labute approximate surface area is 139 Å². The van der Waals surface area contributed by atoms with E-state index in [1.807, 2.05) is 18.3 Å². The molecule has 0 aliphatic heterocycles. The molecule has 0 amide bonds. The molecule has 2 unspecified atom stereocenters. The molecule has 1 aliphatic rings. The van der Waals surface area contributed by atoms with Gasteiger partial charge in [0.2, 0.25) is 5.95 Å². The standard InChI is InChI=1S/C19H18N4O/c1-23-18(24)10-17(22-19(23)20)16-9-15(16)13-6-4-12(5-7-13)14-3-2-8-21-11-14/h2-8,10-11,15-16H,9H2,1H3,(H2,20,22). The van der Waals surface area contributed by atoms with Gasteiger partial charge >= 0.3 is 0 Å². The molecule has 2 heterocycles. The minimum atomic E-state index is -0.102. The van der Waals surface area contributed by atoms with E-state index in [-0.39, 0.29) is 17.4 Å². The van der Waals surface area contributed by atoms with Gasteiger partial charge in [-0.05, 0) is 35.1 Å². The highest BCUT2D eigenvalue weighted by Crippen LogP contribution is 2.54. The SMILES string of the molecule is Cn1c(N)nc(C2CC2c2ccc(-c3cccnc3)cc2)cc1=O. The first-order valence-corrected chi connectivity index (χ1v) is 7.97. The van der Waals surface area contributed by atoms with E-state index < -0.39 is 0 Å². The minimum Gasteiger partial charge on any atom is -0.369 e. The van der Waals surface area contributed by atoms with Crippen LogP contribution in [0.4, 0.5) is 5.95 Å². The van der Waals surface area contributed by atoms with Crippen molar-refractivity contribution in [2.75, 3.05) is 5.73 Å². The van der Waals surface area contributed by atoms with Gasteiger partial charge in [-0.3, -0.25) is 14.3 Å². The average Bonchev–Trinajstić information content (AvgIpc) is 3.41. The number of anilines is 1. The second kappa shape index (κ2) is 5.60. The zero-order valence-corrected chi connectivity index (χ0v) is 13.4. The molecule has 0 radical (unpaired) electrons. The second-order valence-electron chi connectivity index (χ2n) is 6.25. The molecule has 1 fully saturated rings. The van der Waals surface area contributed by atoms with Gasteiger partial charge in [0.05, 0.1) is 5.69 Å². The van der Waals surface area contributed by atoms with Gasteiger partial charge in [0.1, 0.15) is 0 Å². The van der Waals surface area contributed by atoms with Gasteiger partial charge in [-0.1, -0.05) is 30.3 Å². The number of pyridine rings is 1. The normalized spacial score (nSPS) is 19.2. The molecule has 0 bridgehead atoms. The first kappa shape index (κ1) is 14.6. The molecule has 24 heavy (non-hydrogen) atoms. The predicted octanol–water partition coefficient (Wildman–Crippen LogP) is 2.70. The van der Waals surface area contributed by atoms with Crippen molar-refractivity contribution in [3.63, 3.8) is 0 Å². The largest absolute Gasteiger partial charge is 0.369 e. The van der Waals surface area contributed by atoms with Crippen molar-refractivity contribution in [2.45, 2.75) is 18.3 Å². The van der Waals surface area contributed by atoms with E-state index in [0.29, 0.717) is 5.92 Å². The van der Waals surface area contributed by atoms with Gasteiger partial charge in [-0.2, -0.15) is 0 Å². The summed E-state index contributed by atoms with van der Waals surface area (Å²) >= 11 is 0. The number of nitrogen functional groups attached to an aromatic ring is 1. The Kier molecular flexibility index (Phi) is 3.41. The fraction of sp³-hybridized carbons (Fsp3) is 0.211. The molecular formula is C19H18N4O. The number of hydrogen-bond donors (Lipinski definition) is 1. The third-order valence-corrected chi connectivity index (χ3v) is 4.69. The fourth-order valence-electron chi connectivity index (χ4n) is 3.11. The molecule has 5 heteroatoms. The first-order chi connectivity index (χ1) is 11.6. The molecule has 1 aliphatic carbocycles. The van der Waals surface area contributed by atoms with Gasteiger partial charge < -0.3 is 5.73 Å². The van der Waals surface area contributed by atoms with Crippen LogP contribution in [0, 0.1) is 0 Å². The Morgan fingerprint density at radius 1 is 1.12 bits per heavy atom. The molecule has 0 spiro atoms. The summed E-state index contributed by atoms with van der Waals surface area (Å²) in [6.45, 7) is 0. The summed E-state index contributed by atoms with van der Waals surface area (Å²) in [4.78, 5) is 20.4. The Morgan fingerprint density at radius 2 is 1.92 bits per heavy atom. The Balaban J connectivity index is 1.56. The van der Waals surface area contributed by atoms with Crippen molar-refractivity contribution in [3.8, 4) is 11.1 Å². The summed E-state index contributed by atoms with van der Waals surface area (Å²) < 4.78 is 1.36. The van der Waals surface area contributed by atoms with E-state index in [0.717, 1.165) is 23.2 Å². The topological polar surface area (TPSA) is 73.8 Å². The highest BCUT2D eigenvalue weighted by atomic mass is 16.1. The van der Waals surface area contributed by atoms with Crippen molar-refractivity contribution in [1.82, 2.24) is 14.5 Å². The summed E-state index contributed by atoms with van der Waals surface area (Å²) in [6, 6.07) is 14.1. The third-order valence-electron chi connectivity index (χ3n) is 4.69. The number of nitrogens with zero attached hydrogens (tertiary/aromatic N) is 3. The fourth-order valence-corrected chi connectivity index (χ4v) is 3.11. The molecule has 120 valence electrons. The molecule has 5 nitrogen and oxygen atoms in total. The highest BCUT2D eigenvalue weighted by molar-refractivity contribution is 5.62. The summed E-state index contributed by atoms with van der Waals surface area (Å²) in [5, 5.41) is 0. The summed E-state index contributed by atoms with van der Waals surface area (Å²) in [6.07, 6.45) is 4.64. The van der Waals surface area contributed by atoms with Gasteiger partial charge in [-0.25, -0.2) is 4.98 Å². The summed E-state index contributed by atoms with van der Waals surface area (Å²) in [7, 11) is 1.63. The van der Waals surface area contributed by atoms with Crippen LogP contribution in [0.3, 0.4) is 0 Å². The van der Waals surface area contributed by atoms with Gasteiger partial charge in [0.25, 0.3) is 5.56 Å². The van der Waals surface area contributed by atoms with Crippen LogP contribution in [0.1, 0.15) is 29.5 Å². The summed E-state index contributed by atoms with van der Waals surface area (Å²) in [5.74, 6) is 0.965. The molecule has 4 rings (SSSR count). The number of aromatic nitrogens is 3. The maximum absolute atomic E-state index is 11.9. The van der Waals surface area contributed by atoms with Crippen molar-refractivity contribution < 1.29 is 0 Å². The van der Waals surface area contributed by atoms with Crippen LogP contribution in [-0.4, -0.2) is 14.5 Å². The van der Waals surface area contributed by atoms with Crippen LogP contribution < -0.4 is 11.3 Å². The van der Waals surface area contributed by atoms with Crippen LogP contribution >= 0.6 is 0 Å². The third kappa shape index (κ3) is 2.58. The Morgan fingerprint density at radius 3 is 2.58 bits per heavy atom. The number of rotatable bonds is 3. The Hall–Kier alpha value is -2.95. The van der Waals surface area contributed by atoms with Crippen molar-refractivity contribution in [1.29, 1.82) is 0 Å². The molecule has 1 aromatic carbocycles. The van der Waals surface area contributed by atoms with Crippen LogP contribution in [-0.2, 0) is 7.05 Å². The van der Waals surface area contributed by atoms with Crippen LogP contribution in [0.25, 0.3) is 11.1 Å². The molecule has 2 N–H and O–H groups in total. The molecule has 3 aromatic rings. The van der Waals surface area contributed by atoms with Gasteiger partial charge in [0, 0.05) is 31.4 Å². The van der Waals surface area contributed by atoms with Crippen LogP contribution in [0.5, 0.6) is 0 Å². The molecule has 0 saturated heterocycles. The van der Waals surface area contributed by atoms with E-state index in [2.05, 4.69) is 34.2 Å². The second-order valence-corrected chi connectivity index (χ2v) is 6.25. The monoisotopic (exact) mass is 318 g/mol. The van der Waals surface area contributed by atoms with E-state index in [1.54, 1.807) is 19.3 Å². The Bertz CT molecular complexity index is 932. The lowest BCUT2D eigenvalue weighted by Gasteiger charge is -2.06. The minimum absolute atomic E-state index is 0.102. The lowest BCUT2D eigenvalue weighted by molar-refractivity contribution is 0.813. The summed E-state index contributed by atoms with van der Waals surface area (Å²) in [5.41, 5.74) is 10.0. The van der Waals surface area contributed by atoms with E-state index in [4.69, 9.17) is 5.73 Å². The van der Waals surface area contributed by atoms with Crippen LogP contribution in [0.15, 0.2) is 59.7 Å². The van der Waals surface area contributed by atoms with E-state index in [1.165, 1.54) is 10.1 Å². The van der Waals surface area contributed by atoms with Crippen LogP contribution in [0.2, 0.25) is 0 Å². The average molecular weight is 318 g/mol. The molecule has 2 atom stereocenters. The zero-order valence-electron chi connectivity index (χ0n) is 13.4. The number of hydrogen-bond acceptors (Lipinski definition) is 4. The smallest absolute Gasteiger partial charge is 0.254 e. The van der Waals surface area contributed by atoms with E-state index >= 15 is 0 Å². The maximum atomic E-state index is 11.9. The molecular weight excluding hydrogens is 300 g/mol. The molecule has 1 saturated carbocycles. The van der Waals surface area contributed by atoms with Gasteiger partial charge in [-0.15, -0.1) is 0 Å². The van der Waals surface area contributed by atoms with Crippen molar-refractivity contribution >= 4 is 5.95 Å². The van der Waals surface area contributed by atoms with Crippen molar-refractivity contribution in [3.05, 3.63) is 76.5 Å². The lowest BCUT2D eigenvalue weighted by Crippen LogP contribution is -2.21. The first-order valence-electron chi connectivity index (χ1n) is 7.97. The number of nitrogens with two attached hydrogens (primary N) is 1.